The molecular weight excluding hydrogens is 288 g/mol. The monoisotopic (exact) mass is 306 g/mol. The standard InChI is InChI=1S/C16H19ClN2O2/c1-4-7-20-16-13(18)5-6-14(19-16)21-12-8-10(2)15(17)11(3)9-12/h5-6,8-9H,4,7,18H2,1-3H3. The third kappa shape index (κ3) is 3.79. The fourth-order valence-electron chi connectivity index (χ4n) is 1.89. The van der Waals surface area contributed by atoms with Crippen molar-refractivity contribution >= 4 is 17.3 Å². The third-order valence-corrected chi connectivity index (χ3v) is 3.54. The van der Waals surface area contributed by atoms with Gasteiger partial charge in [0, 0.05) is 11.1 Å². The van der Waals surface area contributed by atoms with Crippen LogP contribution in [0.15, 0.2) is 24.3 Å². The van der Waals surface area contributed by atoms with Crippen molar-refractivity contribution in [2.75, 3.05) is 12.3 Å². The molecule has 0 amide bonds. The fourth-order valence-corrected chi connectivity index (χ4v) is 2.00. The van der Waals surface area contributed by atoms with Gasteiger partial charge < -0.3 is 15.2 Å². The van der Waals surface area contributed by atoms with Crippen LogP contribution in [0.4, 0.5) is 5.69 Å². The maximum atomic E-state index is 6.15. The Hall–Kier alpha value is -1.94. The molecule has 112 valence electrons. The number of hydrogen-bond acceptors (Lipinski definition) is 4. The van der Waals surface area contributed by atoms with E-state index in [1.807, 2.05) is 32.9 Å². The summed E-state index contributed by atoms with van der Waals surface area (Å²) < 4.78 is 11.3. The molecule has 5 heteroatoms. The Morgan fingerprint density at radius 1 is 1.19 bits per heavy atom. The Bertz CT molecular complexity index is 621. The predicted molar refractivity (Wildman–Crippen MR) is 85.4 cm³/mol. The van der Waals surface area contributed by atoms with Crippen molar-refractivity contribution in [1.82, 2.24) is 4.98 Å². The summed E-state index contributed by atoms with van der Waals surface area (Å²) in [7, 11) is 0. The lowest BCUT2D eigenvalue weighted by Gasteiger charge is -2.11. The van der Waals surface area contributed by atoms with Gasteiger partial charge in [0.05, 0.1) is 12.3 Å². The van der Waals surface area contributed by atoms with Crippen LogP contribution in [0.3, 0.4) is 0 Å². The summed E-state index contributed by atoms with van der Waals surface area (Å²) in [4.78, 5) is 4.28. The van der Waals surface area contributed by atoms with Gasteiger partial charge in [-0.25, -0.2) is 0 Å². The van der Waals surface area contributed by atoms with Crippen molar-refractivity contribution in [3.63, 3.8) is 0 Å². The van der Waals surface area contributed by atoms with Crippen LogP contribution in [-0.2, 0) is 0 Å². The molecule has 1 heterocycles. The summed E-state index contributed by atoms with van der Waals surface area (Å²) >= 11 is 6.15. The van der Waals surface area contributed by atoms with Crippen molar-refractivity contribution < 1.29 is 9.47 Å². The van der Waals surface area contributed by atoms with E-state index in [1.54, 1.807) is 12.1 Å². The summed E-state index contributed by atoms with van der Waals surface area (Å²) in [6, 6.07) is 7.19. The van der Waals surface area contributed by atoms with Crippen molar-refractivity contribution in [3.8, 4) is 17.5 Å². The van der Waals surface area contributed by atoms with Gasteiger partial charge in [0.2, 0.25) is 11.8 Å². The smallest absolute Gasteiger partial charge is 0.240 e. The predicted octanol–water partition coefficient (Wildman–Crippen LogP) is 4.52. The van der Waals surface area contributed by atoms with E-state index in [0.717, 1.165) is 22.6 Å². The Balaban J connectivity index is 2.23. The van der Waals surface area contributed by atoms with Crippen LogP contribution >= 0.6 is 11.6 Å². The number of benzene rings is 1. The molecule has 0 aliphatic carbocycles. The SMILES string of the molecule is CCCOc1nc(Oc2cc(C)c(Cl)c(C)c2)ccc1N. The van der Waals surface area contributed by atoms with E-state index in [9.17, 15) is 0 Å². The second kappa shape index (κ2) is 6.68. The number of nitrogen functional groups attached to an aromatic ring is 1. The Labute approximate surface area is 129 Å². The minimum absolute atomic E-state index is 0.400. The fraction of sp³-hybridized carbons (Fsp3) is 0.312. The molecule has 0 aliphatic rings. The number of nitrogens with zero attached hydrogens (tertiary/aromatic N) is 1. The van der Waals surface area contributed by atoms with E-state index >= 15 is 0 Å². The number of hydrogen-bond donors (Lipinski definition) is 1. The maximum absolute atomic E-state index is 6.15. The minimum Gasteiger partial charge on any atom is -0.476 e. The zero-order chi connectivity index (χ0) is 15.4. The molecule has 0 atom stereocenters. The van der Waals surface area contributed by atoms with Crippen molar-refractivity contribution in [3.05, 3.63) is 40.4 Å². The number of halogens is 1. The lowest BCUT2D eigenvalue weighted by molar-refractivity contribution is 0.302. The number of pyridine rings is 1. The second-order valence-corrected chi connectivity index (χ2v) is 5.24. The quantitative estimate of drug-likeness (QED) is 0.882. The second-order valence-electron chi connectivity index (χ2n) is 4.87. The highest BCUT2D eigenvalue weighted by atomic mass is 35.5. The summed E-state index contributed by atoms with van der Waals surface area (Å²) in [6.45, 7) is 6.47. The number of nitrogens with two attached hydrogens (primary N) is 1. The van der Waals surface area contributed by atoms with Crippen molar-refractivity contribution in [1.29, 1.82) is 0 Å². The average molecular weight is 307 g/mol. The molecule has 21 heavy (non-hydrogen) atoms. The van der Waals surface area contributed by atoms with Crippen LogP contribution in [0.25, 0.3) is 0 Å². The Kier molecular flexibility index (Phi) is 4.91. The first-order valence-electron chi connectivity index (χ1n) is 6.85. The van der Waals surface area contributed by atoms with Gasteiger partial charge in [0.25, 0.3) is 0 Å². The normalized spacial score (nSPS) is 10.5. The number of ether oxygens (including phenoxy) is 2. The molecule has 0 radical (unpaired) electrons. The van der Waals surface area contributed by atoms with Crippen LogP contribution in [0.2, 0.25) is 5.02 Å². The molecule has 2 aromatic rings. The zero-order valence-corrected chi connectivity index (χ0v) is 13.2. The number of anilines is 1. The molecule has 2 N–H and O–H groups in total. The van der Waals surface area contributed by atoms with E-state index < -0.39 is 0 Å². The van der Waals surface area contributed by atoms with Crippen LogP contribution in [0.1, 0.15) is 24.5 Å². The van der Waals surface area contributed by atoms with E-state index in [2.05, 4.69) is 4.98 Å². The van der Waals surface area contributed by atoms with Crippen molar-refractivity contribution in [2.24, 2.45) is 0 Å². The van der Waals surface area contributed by atoms with Crippen LogP contribution < -0.4 is 15.2 Å². The summed E-state index contributed by atoms with van der Waals surface area (Å²) in [5.74, 6) is 1.53. The molecular formula is C16H19ClN2O2. The largest absolute Gasteiger partial charge is 0.476 e. The molecule has 0 bridgehead atoms. The summed E-state index contributed by atoms with van der Waals surface area (Å²) in [6.07, 6.45) is 0.891. The van der Waals surface area contributed by atoms with Gasteiger partial charge in [-0.3, -0.25) is 0 Å². The number of aryl methyl sites for hydroxylation is 2. The number of rotatable bonds is 5. The van der Waals surface area contributed by atoms with Gasteiger partial charge in [0.1, 0.15) is 5.75 Å². The first kappa shape index (κ1) is 15.4. The maximum Gasteiger partial charge on any atom is 0.240 e. The molecule has 1 aromatic heterocycles. The topological polar surface area (TPSA) is 57.4 Å². The van der Waals surface area contributed by atoms with Gasteiger partial charge in [-0.05, 0) is 49.6 Å². The van der Waals surface area contributed by atoms with Crippen LogP contribution in [-0.4, -0.2) is 11.6 Å². The first-order valence-corrected chi connectivity index (χ1v) is 7.23. The first-order chi connectivity index (χ1) is 10.0. The van der Waals surface area contributed by atoms with Crippen LogP contribution in [0, 0.1) is 13.8 Å². The van der Waals surface area contributed by atoms with Gasteiger partial charge in [-0.1, -0.05) is 18.5 Å². The molecule has 0 unspecified atom stereocenters. The highest BCUT2D eigenvalue weighted by Gasteiger charge is 2.08. The van der Waals surface area contributed by atoms with Gasteiger partial charge in [-0.15, -0.1) is 0 Å². The molecule has 0 fully saturated rings. The van der Waals surface area contributed by atoms with Crippen molar-refractivity contribution in [2.45, 2.75) is 27.2 Å². The highest BCUT2D eigenvalue weighted by Crippen LogP contribution is 2.30. The molecule has 4 nitrogen and oxygen atoms in total. The summed E-state index contributed by atoms with van der Waals surface area (Å²) in [5.41, 5.74) is 8.26. The lowest BCUT2D eigenvalue weighted by Crippen LogP contribution is -2.02. The Morgan fingerprint density at radius 3 is 2.48 bits per heavy atom. The minimum atomic E-state index is 0.400. The molecule has 1 aromatic carbocycles. The molecule has 0 saturated carbocycles. The summed E-state index contributed by atoms with van der Waals surface area (Å²) in [5, 5.41) is 0.750. The molecule has 0 aliphatic heterocycles. The van der Waals surface area contributed by atoms with Gasteiger partial charge in [0.15, 0.2) is 0 Å². The average Bonchev–Trinajstić information content (AvgIpc) is 2.45. The van der Waals surface area contributed by atoms with E-state index in [0.29, 0.717) is 29.8 Å². The molecule has 0 spiro atoms. The number of aromatic nitrogens is 1. The zero-order valence-electron chi connectivity index (χ0n) is 12.4. The molecule has 2 rings (SSSR count). The van der Waals surface area contributed by atoms with Crippen LogP contribution in [0.5, 0.6) is 17.5 Å². The van der Waals surface area contributed by atoms with E-state index in [4.69, 9.17) is 26.8 Å². The van der Waals surface area contributed by atoms with E-state index in [-0.39, 0.29) is 0 Å². The van der Waals surface area contributed by atoms with Gasteiger partial charge in [-0.2, -0.15) is 4.98 Å². The van der Waals surface area contributed by atoms with Gasteiger partial charge >= 0.3 is 0 Å². The Morgan fingerprint density at radius 2 is 1.86 bits per heavy atom. The lowest BCUT2D eigenvalue weighted by atomic mass is 10.1. The van der Waals surface area contributed by atoms with E-state index in [1.165, 1.54) is 0 Å². The third-order valence-electron chi connectivity index (χ3n) is 2.94. The molecule has 0 saturated heterocycles. The highest BCUT2D eigenvalue weighted by molar-refractivity contribution is 6.32.